The van der Waals surface area contributed by atoms with Crippen molar-refractivity contribution in [1.82, 2.24) is 9.80 Å². The Morgan fingerprint density at radius 1 is 1.00 bits per heavy atom. The van der Waals surface area contributed by atoms with Crippen molar-refractivity contribution < 1.29 is 9.53 Å². The number of likely N-dealkylation sites (tertiary alicyclic amines) is 1. The maximum absolute atomic E-state index is 13.1. The molecule has 1 atom stereocenters. The Hall–Kier alpha value is -2.79. The van der Waals surface area contributed by atoms with Gasteiger partial charge in [-0.1, -0.05) is 71.7 Å². The smallest absolute Gasteiger partial charge is 0.253 e. The Kier molecular flexibility index (Phi) is 7.89. The number of hydrogen-bond donors (Lipinski definition) is 0. The Balaban J connectivity index is 1.26. The molecule has 192 valence electrons. The van der Waals surface area contributed by atoms with Crippen molar-refractivity contribution in [3.8, 4) is 0 Å². The zero-order chi connectivity index (χ0) is 25.8. The van der Waals surface area contributed by atoms with E-state index < -0.39 is 0 Å². The molecular formula is C31H32Cl2N2O2. The van der Waals surface area contributed by atoms with Crippen LogP contribution in [0.3, 0.4) is 0 Å². The number of hydrogen-bond acceptors (Lipinski definition) is 3. The number of carbonyl (C=O) groups is 1. The fraction of sp³-hybridized carbons (Fsp3) is 0.323. The number of ether oxygens (including phenoxy) is 1. The normalized spacial score (nSPS) is 17.2. The van der Waals surface area contributed by atoms with Crippen molar-refractivity contribution in [2.24, 2.45) is 0 Å². The third-order valence-electron chi connectivity index (χ3n) is 7.73. The first-order chi connectivity index (χ1) is 17.9. The molecule has 0 N–H and O–H groups in total. The van der Waals surface area contributed by atoms with E-state index in [1.807, 2.05) is 66.7 Å². The maximum Gasteiger partial charge on any atom is 0.253 e. The van der Waals surface area contributed by atoms with Gasteiger partial charge in [0.1, 0.15) is 5.60 Å². The van der Waals surface area contributed by atoms with Crippen molar-refractivity contribution in [1.29, 1.82) is 0 Å². The Labute approximate surface area is 229 Å². The van der Waals surface area contributed by atoms with Crippen molar-refractivity contribution in [3.05, 3.63) is 111 Å². The summed E-state index contributed by atoms with van der Waals surface area (Å²) < 4.78 is 6.24. The number of benzene rings is 3. The van der Waals surface area contributed by atoms with E-state index in [4.69, 9.17) is 27.9 Å². The topological polar surface area (TPSA) is 32.8 Å². The molecule has 4 nitrogen and oxygen atoms in total. The second kappa shape index (κ2) is 11.3. The summed E-state index contributed by atoms with van der Waals surface area (Å²) in [6.45, 7) is 3.47. The van der Waals surface area contributed by atoms with Gasteiger partial charge in [0.2, 0.25) is 0 Å². The molecule has 5 rings (SSSR count). The molecule has 0 bridgehead atoms. The summed E-state index contributed by atoms with van der Waals surface area (Å²) in [5.41, 5.74) is 4.12. The highest BCUT2D eigenvalue weighted by Crippen LogP contribution is 2.42. The van der Waals surface area contributed by atoms with E-state index in [1.54, 1.807) is 0 Å². The van der Waals surface area contributed by atoms with Crippen LogP contribution in [0.2, 0.25) is 10.0 Å². The van der Waals surface area contributed by atoms with E-state index >= 15 is 0 Å². The SMILES string of the molecule is CN(C[C@H](CCN1CCC2(CC1)OC=Cc1ccccc12)c1ccc(Cl)c(Cl)c1)C(=O)c1ccccc1. The molecule has 6 heteroatoms. The van der Waals surface area contributed by atoms with Gasteiger partial charge >= 0.3 is 0 Å². The van der Waals surface area contributed by atoms with Gasteiger partial charge in [-0.25, -0.2) is 0 Å². The predicted octanol–water partition coefficient (Wildman–Crippen LogP) is 7.23. The number of fused-ring (bicyclic) bond motifs is 2. The van der Waals surface area contributed by atoms with E-state index in [0.29, 0.717) is 22.2 Å². The second-order valence-electron chi connectivity index (χ2n) is 10.1. The zero-order valence-corrected chi connectivity index (χ0v) is 22.6. The molecule has 2 aliphatic rings. The highest BCUT2D eigenvalue weighted by atomic mass is 35.5. The predicted molar refractivity (Wildman–Crippen MR) is 151 cm³/mol. The van der Waals surface area contributed by atoms with Gasteiger partial charge in [-0.2, -0.15) is 0 Å². The zero-order valence-electron chi connectivity index (χ0n) is 21.1. The number of rotatable bonds is 7. The van der Waals surface area contributed by atoms with Crippen LogP contribution >= 0.6 is 23.2 Å². The first kappa shape index (κ1) is 25.8. The summed E-state index contributed by atoms with van der Waals surface area (Å²) in [6, 6.07) is 23.8. The number of halogens is 2. The van der Waals surface area contributed by atoms with E-state index in [2.05, 4.69) is 35.2 Å². The Morgan fingerprint density at radius 3 is 2.49 bits per heavy atom. The van der Waals surface area contributed by atoms with Gasteiger partial charge in [-0.05, 0) is 54.4 Å². The summed E-state index contributed by atoms with van der Waals surface area (Å²) in [4.78, 5) is 17.4. The Bertz CT molecular complexity index is 1270. The molecule has 2 heterocycles. The van der Waals surface area contributed by atoms with Crippen LogP contribution in [0.25, 0.3) is 6.08 Å². The van der Waals surface area contributed by atoms with Gasteiger partial charge in [0.15, 0.2) is 0 Å². The lowest BCUT2D eigenvalue weighted by Gasteiger charge is -2.43. The van der Waals surface area contributed by atoms with Crippen LogP contribution in [0.5, 0.6) is 0 Å². The van der Waals surface area contributed by atoms with Crippen LogP contribution in [0, 0.1) is 0 Å². The van der Waals surface area contributed by atoms with Crippen LogP contribution in [0.15, 0.2) is 79.1 Å². The van der Waals surface area contributed by atoms with Gasteiger partial charge in [-0.3, -0.25) is 4.79 Å². The third kappa shape index (κ3) is 5.72. The largest absolute Gasteiger partial charge is 0.490 e. The number of likely N-dealkylation sites (N-methyl/N-ethyl adjacent to an activating group) is 1. The molecule has 0 aliphatic carbocycles. The highest BCUT2D eigenvalue weighted by molar-refractivity contribution is 6.42. The van der Waals surface area contributed by atoms with Gasteiger partial charge < -0.3 is 14.5 Å². The monoisotopic (exact) mass is 534 g/mol. The van der Waals surface area contributed by atoms with Crippen molar-refractivity contribution >= 4 is 35.2 Å². The van der Waals surface area contributed by atoms with Crippen LogP contribution in [-0.2, 0) is 10.3 Å². The first-order valence-electron chi connectivity index (χ1n) is 12.9. The molecule has 1 fully saturated rings. The standard InChI is InChI=1S/C31H32Cl2N2O2/c1-34(30(36)24-8-3-2-4-9-24)22-26(25-11-12-28(32)29(33)21-25)13-17-35-18-15-31(16-19-35)27-10-6-5-7-23(27)14-20-37-31/h2-12,14,20-21,26H,13,15-19,22H2,1H3/t26-/m0/s1. The minimum atomic E-state index is -0.229. The molecule has 1 amide bonds. The summed E-state index contributed by atoms with van der Waals surface area (Å²) in [6.07, 6.45) is 6.74. The minimum absolute atomic E-state index is 0.0201. The molecule has 3 aromatic rings. The van der Waals surface area contributed by atoms with Gasteiger partial charge in [0.05, 0.1) is 16.3 Å². The molecule has 37 heavy (non-hydrogen) atoms. The van der Waals surface area contributed by atoms with Crippen molar-refractivity contribution in [2.45, 2.75) is 30.8 Å². The molecule has 2 aliphatic heterocycles. The average molecular weight is 536 g/mol. The van der Waals surface area contributed by atoms with Crippen LogP contribution in [0.1, 0.15) is 52.2 Å². The van der Waals surface area contributed by atoms with Crippen molar-refractivity contribution in [2.75, 3.05) is 33.2 Å². The molecular weight excluding hydrogens is 503 g/mol. The lowest BCUT2D eigenvalue weighted by atomic mass is 9.80. The van der Waals surface area contributed by atoms with E-state index in [-0.39, 0.29) is 17.4 Å². The van der Waals surface area contributed by atoms with Crippen LogP contribution < -0.4 is 0 Å². The number of nitrogens with zero attached hydrogens (tertiary/aromatic N) is 2. The average Bonchev–Trinajstić information content (AvgIpc) is 2.94. The molecule has 0 saturated carbocycles. The third-order valence-corrected chi connectivity index (χ3v) is 8.47. The second-order valence-corrected chi connectivity index (χ2v) is 10.9. The van der Waals surface area contributed by atoms with E-state index in [1.165, 1.54) is 11.1 Å². The first-order valence-corrected chi connectivity index (χ1v) is 13.6. The quantitative estimate of drug-likeness (QED) is 0.320. The summed E-state index contributed by atoms with van der Waals surface area (Å²) >= 11 is 12.6. The van der Waals surface area contributed by atoms with E-state index in [0.717, 1.165) is 44.5 Å². The van der Waals surface area contributed by atoms with Gasteiger partial charge in [0, 0.05) is 56.6 Å². The summed E-state index contributed by atoms with van der Waals surface area (Å²) in [7, 11) is 1.87. The molecule has 0 aromatic heterocycles. The highest BCUT2D eigenvalue weighted by Gasteiger charge is 2.40. The maximum atomic E-state index is 13.1. The fourth-order valence-corrected chi connectivity index (χ4v) is 5.87. The molecule has 0 radical (unpaired) electrons. The number of carbonyl (C=O) groups excluding carboxylic acids is 1. The number of amides is 1. The summed E-state index contributed by atoms with van der Waals surface area (Å²) in [5, 5.41) is 1.09. The lowest BCUT2D eigenvalue weighted by molar-refractivity contribution is -0.0402. The van der Waals surface area contributed by atoms with Crippen molar-refractivity contribution in [3.63, 3.8) is 0 Å². The fourth-order valence-electron chi connectivity index (χ4n) is 5.57. The minimum Gasteiger partial charge on any atom is -0.490 e. The van der Waals surface area contributed by atoms with E-state index in [9.17, 15) is 4.79 Å². The number of piperidine rings is 1. The summed E-state index contributed by atoms with van der Waals surface area (Å²) in [5.74, 6) is 0.157. The Morgan fingerprint density at radius 2 is 1.73 bits per heavy atom. The molecule has 0 unspecified atom stereocenters. The molecule has 1 saturated heterocycles. The lowest BCUT2D eigenvalue weighted by Crippen LogP contribution is -2.45. The van der Waals surface area contributed by atoms with Crippen LogP contribution in [-0.4, -0.2) is 48.9 Å². The molecule has 3 aromatic carbocycles. The van der Waals surface area contributed by atoms with Crippen LogP contribution in [0.4, 0.5) is 0 Å². The van der Waals surface area contributed by atoms with Gasteiger partial charge in [0.25, 0.3) is 5.91 Å². The molecule has 1 spiro atoms. The van der Waals surface area contributed by atoms with Gasteiger partial charge in [-0.15, -0.1) is 0 Å².